The van der Waals surface area contributed by atoms with E-state index in [1.165, 1.54) is 28.8 Å². The van der Waals surface area contributed by atoms with Gasteiger partial charge in [-0.1, -0.05) is 23.8 Å². The first-order valence-electron chi connectivity index (χ1n) is 6.32. The molecule has 0 fully saturated rings. The van der Waals surface area contributed by atoms with Gasteiger partial charge in [-0.2, -0.15) is 0 Å². The molecule has 2 aromatic carbocycles. The van der Waals surface area contributed by atoms with E-state index in [-0.39, 0.29) is 5.82 Å². The maximum absolute atomic E-state index is 13.1. The molecule has 1 aromatic heterocycles. The minimum atomic E-state index is -0.241. The lowest BCUT2D eigenvalue weighted by Crippen LogP contribution is -1.94. The summed E-state index contributed by atoms with van der Waals surface area (Å²) in [5, 5.41) is 0. The third-order valence-corrected chi connectivity index (χ3v) is 3.36. The highest BCUT2D eigenvalue weighted by molar-refractivity contribution is 5.75. The number of nitrogens with zero attached hydrogens (tertiary/aromatic N) is 1. The van der Waals surface area contributed by atoms with Gasteiger partial charge in [-0.05, 0) is 43.2 Å². The van der Waals surface area contributed by atoms with Crippen LogP contribution in [0.25, 0.3) is 11.0 Å². The van der Waals surface area contributed by atoms with Crippen LogP contribution in [0.1, 0.15) is 22.5 Å². The maximum atomic E-state index is 13.1. The molecule has 96 valence electrons. The molecule has 0 aliphatic heterocycles. The molecule has 0 saturated carbocycles. The SMILES string of the molecule is Cc1ccc(C)c(Cc2nc3ccc(F)cc3[nH]2)c1. The molecule has 0 amide bonds. The highest BCUT2D eigenvalue weighted by Crippen LogP contribution is 2.17. The van der Waals surface area contributed by atoms with Crippen LogP contribution in [0.2, 0.25) is 0 Å². The molecule has 3 rings (SSSR count). The van der Waals surface area contributed by atoms with Gasteiger partial charge >= 0.3 is 0 Å². The van der Waals surface area contributed by atoms with Crippen molar-refractivity contribution in [1.29, 1.82) is 0 Å². The van der Waals surface area contributed by atoms with Gasteiger partial charge in [0.1, 0.15) is 11.6 Å². The van der Waals surface area contributed by atoms with E-state index in [1.54, 1.807) is 6.07 Å². The van der Waals surface area contributed by atoms with Gasteiger partial charge in [-0.15, -0.1) is 0 Å². The van der Waals surface area contributed by atoms with Crippen LogP contribution in [0.5, 0.6) is 0 Å². The maximum Gasteiger partial charge on any atom is 0.125 e. The molecule has 3 heteroatoms. The van der Waals surface area contributed by atoms with E-state index in [9.17, 15) is 4.39 Å². The number of imidazole rings is 1. The number of hydrogen-bond donors (Lipinski definition) is 1. The van der Waals surface area contributed by atoms with E-state index in [4.69, 9.17) is 0 Å². The minimum Gasteiger partial charge on any atom is -0.342 e. The predicted molar refractivity (Wildman–Crippen MR) is 74.8 cm³/mol. The molecule has 0 aliphatic carbocycles. The highest BCUT2D eigenvalue weighted by atomic mass is 19.1. The molecule has 0 spiro atoms. The second-order valence-corrected chi connectivity index (χ2v) is 4.95. The highest BCUT2D eigenvalue weighted by Gasteiger charge is 2.06. The first kappa shape index (κ1) is 11.9. The van der Waals surface area contributed by atoms with E-state index in [0.717, 1.165) is 23.3 Å². The van der Waals surface area contributed by atoms with Crippen molar-refractivity contribution in [2.45, 2.75) is 20.3 Å². The molecule has 0 atom stereocenters. The average molecular weight is 254 g/mol. The summed E-state index contributed by atoms with van der Waals surface area (Å²) in [5.74, 6) is 0.628. The Morgan fingerprint density at radius 2 is 1.95 bits per heavy atom. The molecular formula is C16H15FN2. The molecule has 1 N–H and O–H groups in total. The third-order valence-electron chi connectivity index (χ3n) is 3.36. The number of rotatable bonds is 2. The number of aryl methyl sites for hydroxylation is 2. The Balaban J connectivity index is 1.98. The molecule has 2 nitrogen and oxygen atoms in total. The standard InChI is InChI=1S/C16H15FN2/c1-10-3-4-11(2)12(7-10)8-16-18-14-6-5-13(17)9-15(14)19-16/h3-7,9H,8H2,1-2H3,(H,18,19). The average Bonchev–Trinajstić information content (AvgIpc) is 2.75. The van der Waals surface area contributed by atoms with Crippen molar-refractivity contribution in [3.8, 4) is 0 Å². The lowest BCUT2D eigenvalue weighted by atomic mass is 10.0. The Morgan fingerprint density at radius 1 is 1.11 bits per heavy atom. The summed E-state index contributed by atoms with van der Waals surface area (Å²) in [6.45, 7) is 4.17. The number of halogens is 1. The van der Waals surface area contributed by atoms with Crippen LogP contribution in [0.15, 0.2) is 36.4 Å². The Morgan fingerprint density at radius 3 is 2.79 bits per heavy atom. The zero-order chi connectivity index (χ0) is 13.4. The Bertz CT molecular complexity index is 744. The zero-order valence-corrected chi connectivity index (χ0v) is 11.0. The molecule has 0 unspecified atom stereocenters. The Hall–Kier alpha value is -2.16. The summed E-state index contributed by atoms with van der Waals surface area (Å²) < 4.78 is 13.1. The summed E-state index contributed by atoms with van der Waals surface area (Å²) >= 11 is 0. The lowest BCUT2D eigenvalue weighted by molar-refractivity contribution is 0.629. The van der Waals surface area contributed by atoms with Gasteiger partial charge in [0.2, 0.25) is 0 Å². The monoisotopic (exact) mass is 254 g/mol. The normalized spacial score (nSPS) is 11.1. The van der Waals surface area contributed by atoms with Crippen molar-refractivity contribution in [1.82, 2.24) is 9.97 Å². The number of H-pyrrole nitrogens is 1. The first-order valence-corrected chi connectivity index (χ1v) is 6.32. The smallest absolute Gasteiger partial charge is 0.125 e. The van der Waals surface area contributed by atoms with Gasteiger partial charge in [-0.25, -0.2) is 9.37 Å². The predicted octanol–water partition coefficient (Wildman–Crippen LogP) is 3.91. The number of aromatic amines is 1. The number of nitrogens with one attached hydrogen (secondary N) is 1. The Labute approximate surface area is 111 Å². The molecule has 0 radical (unpaired) electrons. The second-order valence-electron chi connectivity index (χ2n) is 4.95. The van der Waals surface area contributed by atoms with E-state index < -0.39 is 0 Å². The van der Waals surface area contributed by atoms with Crippen molar-refractivity contribution < 1.29 is 4.39 Å². The second kappa shape index (κ2) is 4.50. The largest absolute Gasteiger partial charge is 0.342 e. The summed E-state index contributed by atoms with van der Waals surface area (Å²) in [5.41, 5.74) is 5.29. The molecule has 19 heavy (non-hydrogen) atoms. The van der Waals surface area contributed by atoms with E-state index in [1.807, 2.05) is 0 Å². The van der Waals surface area contributed by atoms with Crippen LogP contribution in [-0.2, 0) is 6.42 Å². The van der Waals surface area contributed by atoms with Gasteiger partial charge in [-0.3, -0.25) is 0 Å². The van der Waals surface area contributed by atoms with Gasteiger partial charge < -0.3 is 4.98 Å². The number of aromatic nitrogens is 2. The summed E-state index contributed by atoms with van der Waals surface area (Å²) in [6.07, 6.45) is 0.740. The van der Waals surface area contributed by atoms with Crippen molar-refractivity contribution in [3.63, 3.8) is 0 Å². The van der Waals surface area contributed by atoms with Crippen molar-refractivity contribution in [2.75, 3.05) is 0 Å². The fourth-order valence-electron chi connectivity index (χ4n) is 2.29. The Kier molecular flexibility index (Phi) is 2.82. The quantitative estimate of drug-likeness (QED) is 0.738. The van der Waals surface area contributed by atoms with Crippen LogP contribution < -0.4 is 0 Å². The fraction of sp³-hybridized carbons (Fsp3) is 0.188. The van der Waals surface area contributed by atoms with E-state index in [2.05, 4.69) is 42.0 Å². The van der Waals surface area contributed by atoms with Crippen molar-refractivity contribution >= 4 is 11.0 Å². The topological polar surface area (TPSA) is 28.7 Å². The van der Waals surface area contributed by atoms with E-state index >= 15 is 0 Å². The molecule has 0 aliphatic rings. The summed E-state index contributed by atoms with van der Waals surface area (Å²) in [4.78, 5) is 7.68. The number of hydrogen-bond acceptors (Lipinski definition) is 1. The summed E-state index contributed by atoms with van der Waals surface area (Å²) in [6, 6.07) is 11.0. The van der Waals surface area contributed by atoms with Gasteiger partial charge in [0.15, 0.2) is 0 Å². The van der Waals surface area contributed by atoms with Crippen molar-refractivity contribution in [2.24, 2.45) is 0 Å². The molecule has 3 aromatic rings. The van der Waals surface area contributed by atoms with Crippen molar-refractivity contribution in [3.05, 3.63) is 64.7 Å². The van der Waals surface area contributed by atoms with Gasteiger partial charge in [0, 0.05) is 6.42 Å². The molecule has 0 saturated heterocycles. The molecular weight excluding hydrogens is 239 g/mol. The van der Waals surface area contributed by atoms with Crippen LogP contribution >= 0.6 is 0 Å². The van der Waals surface area contributed by atoms with Gasteiger partial charge in [0.05, 0.1) is 11.0 Å². The van der Waals surface area contributed by atoms with Crippen LogP contribution in [0, 0.1) is 19.7 Å². The van der Waals surface area contributed by atoms with Crippen LogP contribution in [0.4, 0.5) is 4.39 Å². The summed E-state index contributed by atoms with van der Waals surface area (Å²) in [7, 11) is 0. The zero-order valence-electron chi connectivity index (χ0n) is 11.0. The minimum absolute atomic E-state index is 0.241. The number of benzene rings is 2. The lowest BCUT2D eigenvalue weighted by Gasteiger charge is -2.04. The first-order chi connectivity index (χ1) is 9.11. The van der Waals surface area contributed by atoms with Crippen LogP contribution in [-0.4, -0.2) is 9.97 Å². The number of fused-ring (bicyclic) bond motifs is 1. The van der Waals surface area contributed by atoms with Gasteiger partial charge in [0.25, 0.3) is 0 Å². The third kappa shape index (κ3) is 2.36. The van der Waals surface area contributed by atoms with E-state index in [0.29, 0.717) is 0 Å². The molecule has 0 bridgehead atoms. The van der Waals surface area contributed by atoms with Crippen LogP contribution in [0.3, 0.4) is 0 Å². The molecule has 1 heterocycles. The fourth-order valence-corrected chi connectivity index (χ4v) is 2.29.